The summed E-state index contributed by atoms with van der Waals surface area (Å²) in [6.45, 7) is 6.01. The van der Waals surface area contributed by atoms with Crippen LogP contribution in [0.1, 0.15) is 41.8 Å². The summed E-state index contributed by atoms with van der Waals surface area (Å²) in [6.07, 6.45) is 0.494. The summed E-state index contributed by atoms with van der Waals surface area (Å²) in [4.78, 5) is 25.3. The fourth-order valence-electron chi connectivity index (χ4n) is 2.88. The summed E-state index contributed by atoms with van der Waals surface area (Å²) >= 11 is 0. The number of carbonyl (C=O) groups excluding carboxylic acids is 2. The number of benzene rings is 2. The molecular weight excluding hydrogens is 390 g/mol. The molecule has 0 bridgehead atoms. The number of aryl methyl sites for hydroxylation is 1. The van der Waals surface area contributed by atoms with Crippen molar-refractivity contribution in [2.75, 3.05) is 0 Å². The number of rotatable bonds is 8. The molecule has 0 saturated carbocycles. The Kier molecular flexibility index (Phi) is 7.53. The maximum absolute atomic E-state index is 12.7. The van der Waals surface area contributed by atoms with Crippen LogP contribution in [0.2, 0.25) is 0 Å². The molecule has 2 aromatic rings. The van der Waals surface area contributed by atoms with Crippen molar-refractivity contribution in [2.45, 2.75) is 44.7 Å². The first-order valence-electron chi connectivity index (χ1n) is 9.34. The first-order valence-corrected chi connectivity index (χ1v) is 10.9. The summed E-state index contributed by atoms with van der Waals surface area (Å²) in [6, 6.07) is 12.5. The minimum Gasteiger partial charge on any atom is -0.350 e. The first-order chi connectivity index (χ1) is 13.6. The zero-order valence-corrected chi connectivity index (χ0v) is 17.6. The molecule has 29 heavy (non-hydrogen) atoms. The topological polar surface area (TPSA) is 118 Å². The van der Waals surface area contributed by atoms with Gasteiger partial charge in [-0.05, 0) is 48.6 Å². The first kappa shape index (κ1) is 22.6. The average molecular weight is 418 g/mol. The highest BCUT2D eigenvalue weighted by Gasteiger charge is 2.23. The number of amides is 2. The number of carbonyl (C=O) groups is 2. The number of hydrogen-bond donors (Lipinski definition) is 3. The normalized spacial score (nSPS) is 12.4. The largest absolute Gasteiger partial charge is 0.350 e. The Morgan fingerprint density at radius 2 is 1.66 bits per heavy atom. The van der Waals surface area contributed by atoms with Gasteiger partial charge in [0.25, 0.3) is 5.91 Å². The van der Waals surface area contributed by atoms with Gasteiger partial charge in [-0.2, -0.15) is 0 Å². The van der Waals surface area contributed by atoms with Gasteiger partial charge >= 0.3 is 0 Å². The molecule has 0 fully saturated rings. The third kappa shape index (κ3) is 6.69. The smallest absolute Gasteiger partial charge is 0.252 e. The fourth-order valence-corrected chi connectivity index (χ4v) is 3.39. The highest BCUT2D eigenvalue weighted by Crippen LogP contribution is 2.11. The van der Waals surface area contributed by atoms with Crippen LogP contribution >= 0.6 is 0 Å². The Labute approximate surface area is 171 Å². The van der Waals surface area contributed by atoms with Gasteiger partial charge in [-0.15, -0.1) is 0 Å². The van der Waals surface area contributed by atoms with Gasteiger partial charge in [-0.1, -0.05) is 44.2 Å². The van der Waals surface area contributed by atoms with E-state index in [1.165, 1.54) is 12.1 Å². The van der Waals surface area contributed by atoms with Crippen molar-refractivity contribution < 1.29 is 18.0 Å². The number of nitrogens with one attached hydrogen (secondary N) is 2. The van der Waals surface area contributed by atoms with Crippen LogP contribution < -0.4 is 15.8 Å². The SMILES string of the molecule is Cc1ccccc1C(=O)N[C@H](CC(C)C)C(=O)NCc1ccc(S(N)(=O)=O)cc1. The second kappa shape index (κ2) is 9.67. The van der Waals surface area contributed by atoms with E-state index in [0.717, 1.165) is 11.1 Å². The lowest BCUT2D eigenvalue weighted by molar-refractivity contribution is -0.123. The van der Waals surface area contributed by atoms with E-state index in [0.29, 0.717) is 12.0 Å². The van der Waals surface area contributed by atoms with Crippen molar-refractivity contribution in [1.82, 2.24) is 10.6 Å². The van der Waals surface area contributed by atoms with Crippen LogP contribution in [0.5, 0.6) is 0 Å². The number of sulfonamides is 1. The lowest BCUT2D eigenvalue weighted by Gasteiger charge is -2.21. The Hall–Kier alpha value is -2.71. The zero-order chi connectivity index (χ0) is 21.6. The lowest BCUT2D eigenvalue weighted by Crippen LogP contribution is -2.47. The molecule has 0 saturated heterocycles. The van der Waals surface area contributed by atoms with E-state index in [4.69, 9.17) is 5.14 Å². The van der Waals surface area contributed by atoms with Crippen LogP contribution in [0.15, 0.2) is 53.4 Å². The van der Waals surface area contributed by atoms with E-state index in [-0.39, 0.29) is 29.2 Å². The summed E-state index contributed by atoms with van der Waals surface area (Å²) in [5.41, 5.74) is 2.09. The maximum atomic E-state index is 12.7. The second-order valence-corrected chi connectivity index (χ2v) is 8.94. The molecule has 1 atom stereocenters. The van der Waals surface area contributed by atoms with Gasteiger partial charge in [-0.3, -0.25) is 9.59 Å². The molecule has 8 heteroatoms. The maximum Gasteiger partial charge on any atom is 0.252 e. The van der Waals surface area contributed by atoms with Crippen LogP contribution in [0, 0.1) is 12.8 Å². The van der Waals surface area contributed by atoms with Crippen molar-refractivity contribution >= 4 is 21.8 Å². The van der Waals surface area contributed by atoms with E-state index >= 15 is 0 Å². The summed E-state index contributed by atoms with van der Waals surface area (Å²) in [5.74, 6) is -0.380. The molecule has 156 valence electrons. The van der Waals surface area contributed by atoms with Crippen molar-refractivity contribution in [2.24, 2.45) is 11.1 Å². The van der Waals surface area contributed by atoms with Gasteiger partial charge in [0.1, 0.15) is 6.04 Å². The van der Waals surface area contributed by atoms with Gasteiger partial charge in [-0.25, -0.2) is 13.6 Å². The minimum atomic E-state index is -3.76. The molecule has 2 amide bonds. The number of hydrogen-bond acceptors (Lipinski definition) is 4. The van der Waals surface area contributed by atoms with Crippen molar-refractivity contribution in [3.8, 4) is 0 Å². The highest BCUT2D eigenvalue weighted by molar-refractivity contribution is 7.89. The molecule has 2 rings (SSSR count). The molecule has 0 unspecified atom stereocenters. The molecule has 0 aliphatic carbocycles. The molecule has 2 aromatic carbocycles. The van der Waals surface area contributed by atoms with Crippen molar-refractivity contribution in [3.05, 3.63) is 65.2 Å². The Morgan fingerprint density at radius 1 is 1.03 bits per heavy atom. The molecule has 0 heterocycles. The molecule has 4 N–H and O–H groups in total. The molecule has 0 aliphatic heterocycles. The van der Waals surface area contributed by atoms with Gasteiger partial charge in [0, 0.05) is 12.1 Å². The Balaban J connectivity index is 2.05. The highest BCUT2D eigenvalue weighted by atomic mass is 32.2. The van der Waals surface area contributed by atoms with Crippen LogP contribution in [-0.4, -0.2) is 26.3 Å². The van der Waals surface area contributed by atoms with E-state index in [9.17, 15) is 18.0 Å². The van der Waals surface area contributed by atoms with Gasteiger partial charge < -0.3 is 10.6 Å². The minimum absolute atomic E-state index is 0.00996. The fraction of sp³-hybridized carbons (Fsp3) is 0.333. The van der Waals surface area contributed by atoms with Crippen LogP contribution in [0.4, 0.5) is 0 Å². The van der Waals surface area contributed by atoms with Gasteiger partial charge in [0.2, 0.25) is 15.9 Å². The van der Waals surface area contributed by atoms with Crippen molar-refractivity contribution in [1.29, 1.82) is 0 Å². The standard InChI is InChI=1S/C21H27N3O4S/c1-14(2)12-19(24-20(25)18-7-5-4-6-15(18)3)21(26)23-13-16-8-10-17(11-9-16)29(22,27)28/h4-11,14,19H,12-13H2,1-3H3,(H,23,26)(H,24,25)(H2,22,27,28)/t19-/m1/s1. The summed E-state index contributed by atoms with van der Waals surface area (Å²) in [7, 11) is -3.76. The van der Waals surface area contributed by atoms with Gasteiger partial charge in [0.05, 0.1) is 4.90 Å². The quantitative estimate of drug-likeness (QED) is 0.609. The van der Waals surface area contributed by atoms with Crippen LogP contribution in [0.25, 0.3) is 0 Å². The second-order valence-electron chi connectivity index (χ2n) is 7.38. The van der Waals surface area contributed by atoms with Crippen LogP contribution in [-0.2, 0) is 21.4 Å². The summed E-state index contributed by atoms with van der Waals surface area (Å²) in [5, 5.41) is 10.7. The third-order valence-electron chi connectivity index (χ3n) is 4.44. The average Bonchev–Trinajstić information content (AvgIpc) is 2.65. The van der Waals surface area contributed by atoms with E-state index in [1.807, 2.05) is 32.9 Å². The zero-order valence-electron chi connectivity index (χ0n) is 16.8. The molecule has 0 radical (unpaired) electrons. The molecule has 0 spiro atoms. The Bertz CT molecular complexity index is 970. The Morgan fingerprint density at radius 3 is 2.21 bits per heavy atom. The van der Waals surface area contributed by atoms with E-state index in [2.05, 4.69) is 10.6 Å². The molecular formula is C21H27N3O4S. The molecule has 7 nitrogen and oxygen atoms in total. The monoisotopic (exact) mass is 417 g/mol. The molecule has 0 aromatic heterocycles. The number of primary sulfonamides is 1. The van der Waals surface area contributed by atoms with E-state index < -0.39 is 16.1 Å². The van der Waals surface area contributed by atoms with E-state index in [1.54, 1.807) is 24.3 Å². The van der Waals surface area contributed by atoms with Crippen LogP contribution in [0.3, 0.4) is 0 Å². The van der Waals surface area contributed by atoms with Gasteiger partial charge in [0.15, 0.2) is 0 Å². The number of nitrogens with two attached hydrogens (primary N) is 1. The third-order valence-corrected chi connectivity index (χ3v) is 5.37. The van der Waals surface area contributed by atoms with Crippen molar-refractivity contribution in [3.63, 3.8) is 0 Å². The predicted octanol–water partition coefficient (Wildman–Crippen LogP) is 2.10. The lowest BCUT2D eigenvalue weighted by atomic mass is 10.0. The summed E-state index contributed by atoms with van der Waals surface area (Å²) < 4.78 is 22.6. The molecule has 0 aliphatic rings. The predicted molar refractivity (Wildman–Crippen MR) is 112 cm³/mol.